The van der Waals surface area contributed by atoms with Crippen molar-refractivity contribution in [1.82, 2.24) is 10.2 Å². The minimum atomic E-state index is 0.481. The van der Waals surface area contributed by atoms with Gasteiger partial charge in [-0.15, -0.1) is 0 Å². The molecule has 3 rings (SSSR count). The predicted molar refractivity (Wildman–Crippen MR) is 84.9 cm³/mol. The highest BCUT2D eigenvalue weighted by molar-refractivity contribution is 6.44. The zero-order valence-corrected chi connectivity index (χ0v) is 12.5. The molecule has 3 aromatic rings. The van der Waals surface area contributed by atoms with Crippen LogP contribution in [0.1, 0.15) is 5.56 Å². The van der Waals surface area contributed by atoms with Crippen molar-refractivity contribution in [2.45, 2.75) is 6.54 Å². The minimum Gasteiger partial charge on any atom is -0.381 e. The zero-order chi connectivity index (χ0) is 14.1. The molecule has 0 spiro atoms. The Bertz CT molecular complexity index is 767. The number of benzene rings is 2. The van der Waals surface area contributed by atoms with Gasteiger partial charge in [0, 0.05) is 28.2 Å². The van der Waals surface area contributed by atoms with Crippen molar-refractivity contribution in [3.05, 3.63) is 57.2 Å². The van der Waals surface area contributed by atoms with Crippen molar-refractivity contribution < 1.29 is 0 Å². The van der Waals surface area contributed by atoms with E-state index in [-0.39, 0.29) is 0 Å². The van der Waals surface area contributed by atoms with Gasteiger partial charge in [0.25, 0.3) is 0 Å². The highest BCUT2D eigenvalue weighted by Crippen LogP contribution is 2.32. The third kappa shape index (κ3) is 2.57. The molecule has 6 heteroatoms. The molecule has 0 aliphatic carbocycles. The summed E-state index contributed by atoms with van der Waals surface area (Å²) in [7, 11) is 0. The molecule has 0 radical (unpaired) electrons. The van der Waals surface area contributed by atoms with E-state index in [0.29, 0.717) is 21.6 Å². The van der Waals surface area contributed by atoms with Crippen LogP contribution < -0.4 is 5.32 Å². The smallest absolute Gasteiger partial charge is 0.0670 e. The summed E-state index contributed by atoms with van der Waals surface area (Å²) < 4.78 is 0. The number of nitrogens with one attached hydrogen (secondary N) is 2. The molecule has 0 saturated carbocycles. The second-order valence-electron chi connectivity index (χ2n) is 4.35. The van der Waals surface area contributed by atoms with Crippen molar-refractivity contribution in [2.24, 2.45) is 0 Å². The number of aromatic amines is 1. The summed E-state index contributed by atoms with van der Waals surface area (Å²) in [5.74, 6) is 0. The maximum absolute atomic E-state index is 6.17. The van der Waals surface area contributed by atoms with E-state index >= 15 is 0 Å². The molecule has 3 nitrogen and oxygen atoms in total. The Morgan fingerprint density at radius 1 is 1.05 bits per heavy atom. The Morgan fingerprint density at radius 2 is 1.85 bits per heavy atom. The van der Waals surface area contributed by atoms with E-state index in [1.165, 1.54) is 0 Å². The van der Waals surface area contributed by atoms with Crippen LogP contribution >= 0.6 is 34.8 Å². The van der Waals surface area contributed by atoms with Crippen LogP contribution in [0.15, 0.2) is 36.5 Å². The molecule has 1 aromatic heterocycles. The second kappa shape index (κ2) is 5.52. The van der Waals surface area contributed by atoms with Gasteiger partial charge in [-0.1, -0.05) is 34.8 Å². The Labute approximate surface area is 130 Å². The normalized spacial score (nSPS) is 10.9. The molecule has 1 heterocycles. The lowest BCUT2D eigenvalue weighted by Crippen LogP contribution is -2.01. The van der Waals surface area contributed by atoms with Gasteiger partial charge >= 0.3 is 0 Å². The van der Waals surface area contributed by atoms with E-state index in [9.17, 15) is 0 Å². The van der Waals surface area contributed by atoms with E-state index in [1.54, 1.807) is 18.3 Å². The van der Waals surface area contributed by atoms with Gasteiger partial charge in [-0.05, 0) is 30.3 Å². The highest BCUT2D eigenvalue weighted by atomic mass is 35.5. The average molecular weight is 327 g/mol. The number of anilines is 1. The van der Waals surface area contributed by atoms with Gasteiger partial charge < -0.3 is 5.32 Å². The first-order chi connectivity index (χ1) is 9.65. The number of hydrogen-bond acceptors (Lipinski definition) is 2. The van der Waals surface area contributed by atoms with Gasteiger partial charge in [-0.3, -0.25) is 5.10 Å². The Balaban J connectivity index is 1.84. The quantitative estimate of drug-likeness (QED) is 0.655. The first-order valence-electron chi connectivity index (χ1n) is 5.94. The fourth-order valence-electron chi connectivity index (χ4n) is 1.97. The number of aromatic nitrogens is 2. The number of rotatable bonds is 3. The predicted octanol–water partition coefficient (Wildman–Crippen LogP) is 5.14. The molecule has 102 valence electrons. The molecular formula is C14H10Cl3N3. The number of hydrogen-bond donors (Lipinski definition) is 2. The monoisotopic (exact) mass is 325 g/mol. The third-order valence-electron chi connectivity index (χ3n) is 3.05. The molecule has 0 bridgehead atoms. The van der Waals surface area contributed by atoms with Crippen LogP contribution in [0, 0.1) is 0 Å². The average Bonchev–Trinajstić information content (AvgIpc) is 2.90. The number of H-pyrrole nitrogens is 1. The SMILES string of the molecule is Clc1ccc(Cl)c(CNc2ccc3cn[nH]c3c2)c1Cl. The van der Waals surface area contributed by atoms with Gasteiger partial charge in [0.2, 0.25) is 0 Å². The molecular weight excluding hydrogens is 317 g/mol. The lowest BCUT2D eigenvalue weighted by molar-refractivity contribution is 1.12. The van der Waals surface area contributed by atoms with Crippen molar-refractivity contribution in [3.8, 4) is 0 Å². The summed E-state index contributed by atoms with van der Waals surface area (Å²) in [6, 6.07) is 9.37. The Morgan fingerprint density at radius 3 is 2.70 bits per heavy atom. The Kier molecular flexibility index (Phi) is 3.74. The third-order valence-corrected chi connectivity index (χ3v) is 4.25. The molecule has 0 atom stereocenters. The van der Waals surface area contributed by atoms with Crippen molar-refractivity contribution >= 4 is 51.4 Å². The molecule has 0 aliphatic rings. The lowest BCUT2D eigenvalue weighted by Gasteiger charge is -2.11. The summed E-state index contributed by atoms with van der Waals surface area (Å²) in [6.45, 7) is 0.498. The fourth-order valence-corrected chi connectivity index (χ4v) is 2.65. The zero-order valence-electron chi connectivity index (χ0n) is 10.3. The first kappa shape index (κ1) is 13.6. The van der Waals surface area contributed by atoms with Crippen molar-refractivity contribution in [1.29, 1.82) is 0 Å². The van der Waals surface area contributed by atoms with E-state index in [1.807, 2.05) is 18.2 Å². The van der Waals surface area contributed by atoms with Crippen molar-refractivity contribution in [3.63, 3.8) is 0 Å². The number of halogens is 3. The Hall–Kier alpha value is -1.42. The van der Waals surface area contributed by atoms with Crippen molar-refractivity contribution in [2.75, 3.05) is 5.32 Å². The summed E-state index contributed by atoms with van der Waals surface area (Å²) in [5, 5.41) is 12.8. The largest absolute Gasteiger partial charge is 0.381 e. The topological polar surface area (TPSA) is 40.7 Å². The van der Waals surface area contributed by atoms with Gasteiger partial charge in [0.05, 0.1) is 21.8 Å². The molecule has 0 unspecified atom stereocenters. The fraction of sp³-hybridized carbons (Fsp3) is 0.0714. The molecule has 20 heavy (non-hydrogen) atoms. The molecule has 2 aromatic carbocycles. The van der Waals surface area contributed by atoms with Crippen LogP contribution in [0.4, 0.5) is 5.69 Å². The van der Waals surface area contributed by atoms with Crippen LogP contribution in [0.3, 0.4) is 0 Å². The van der Waals surface area contributed by atoms with E-state index in [2.05, 4.69) is 15.5 Å². The van der Waals surface area contributed by atoms with Gasteiger partial charge in [-0.25, -0.2) is 0 Å². The molecule has 0 amide bonds. The standard InChI is InChI=1S/C14H10Cl3N3/c15-11-3-4-12(16)14(17)10(11)7-18-9-2-1-8-6-19-20-13(8)5-9/h1-6,18H,7H2,(H,19,20). The van der Waals surface area contributed by atoms with E-state index in [0.717, 1.165) is 22.2 Å². The first-order valence-corrected chi connectivity index (χ1v) is 7.08. The number of nitrogens with zero attached hydrogens (tertiary/aromatic N) is 1. The minimum absolute atomic E-state index is 0.481. The van der Waals surface area contributed by atoms with E-state index < -0.39 is 0 Å². The molecule has 0 fully saturated rings. The molecule has 0 aliphatic heterocycles. The van der Waals surface area contributed by atoms with Crippen LogP contribution in [0.2, 0.25) is 15.1 Å². The summed E-state index contributed by atoms with van der Waals surface area (Å²) >= 11 is 18.3. The van der Waals surface area contributed by atoms with Gasteiger partial charge in [0.1, 0.15) is 0 Å². The van der Waals surface area contributed by atoms with Crippen LogP contribution in [-0.2, 0) is 6.54 Å². The summed E-state index contributed by atoms with van der Waals surface area (Å²) in [5.41, 5.74) is 2.71. The molecule has 2 N–H and O–H groups in total. The maximum Gasteiger partial charge on any atom is 0.0670 e. The van der Waals surface area contributed by atoms with Crippen LogP contribution in [-0.4, -0.2) is 10.2 Å². The maximum atomic E-state index is 6.17. The van der Waals surface area contributed by atoms with Crippen LogP contribution in [0.5, 0.6) is 0 Å². The van der Waals surface area contributed by atoms with Gasteiger partial charge in [-0.2, -0.15) is 5.10 Å². The summed E-state index contributed by atoms with van der Waals surface area (Å²) in [4.78, 5) is 0. The molecule has 0 saturated heterocycles. The number of fused-ring (bicyclic) bond motifs is 1. The van der Waals surface area contributed by atoms with Gasteiger partial charge in [0.15, 0.2) is 0 Å². The van der Waals surface area contributed by atoms with E-state index in [4.69, 9.17) is 34.8 Å². The second-order valence-corrected chi connectivity index (χ2v) is 5.54. The lowest BCUT2D eigenvalue weighted by atomic mass is 10.2. The highest BCUT2D eigenvalue weighted by Gasteiger charge is 2.09. The van der Waals surface area contributed by atoms with Crippen LogP contribution in [0.25, 0.3) is 10.9 Å². The summed E-state index contributed by atoms with van der Waals surface area (Å²) in [6.07, 6.45) is 1.78.